The van der Waals surface area contributed by atoms with E-state index < -0.39 is 0 Å². The Labute approximate surface area is 90.8 Å². The van der Waals surface area contributed by atoms with Gasteiger partial charge in [0, 0.05) is 32.3 Å². The lowest BCUT2D eigenvalue weighted by Gasteiger charge is -2.03. The fraction of sp³-hybridized carbons (Fsp3) is 0.500. The van der Waals surface area contributed by atoms with Crippen LogP contribution in [0.3, 0.4) is 0 Å². The zero-order chi connectivity index (χ0) is 10.4. The predicted octanol–water partition coefficient (Wildman–Crippen LogP) is 0.111. The first-order valence-corrected chi connectivity index (χ1v) is 5.16. The van der Waals surface area contributed by atoms with Gasteiger partial charge < -0.3 is 11.1 Å². The van der Waals surface area contributed by atoms with Crippen molar-refractivity contribution in [1.82, 2.24) is 15.1 Å². The summed E-state index contributed by atoms with van der Waals surface area (Å²) in [7, 11) is 0. The molecule has 0 spiro atoms. The SMILES string of the molecule is NCCNC(=O)CCn1cc(Br)cn1. The fourth-order valence-electron chi connectivity index (χ4n) is 0.977. The Kier molecular flexibility index (Phi) is 4.61. The van der Waals surface area contributed by atoms with E-state index in [9.17, 15) is 4.79 Å². The quantitative estimate of drug-likeness (QED) is 0.790. The van der Waals surface area contributed by atoms with Gasteiger partial charge in [0.15, 0.2) is 0 Å². The largest absolute Gasteiger partial charge is 0.355 e. The van der Waals surface area contributed by atoms with Crippen molar-refractivity contribution >= 4 is 21.8 Å². The standard InChI is InChI=1S/C8H13BrN4O/c9-7-5-12-13(6-7)4-1-8(14)11-3-2-10/h5-6H,1-4,10H2,(H,11,14). The van der Waals surface area contributed by atoms with E-state index in [-0.39, 0.29) is 5.91 Å². The zero-order valence-electron chi connectivity index (χ0n) is 7.74. The first-order chi connectivity index (χ1) is 6.72. The van der Waals surface area contributed by atoms with Gasteiger partial charge in [-0.3, -0.25) is 9.48 Å². The fourth-order valence-corrected chi connectivity index (χ4v) is 1.30. The molecule has 0 atom stereocenters. The van der Waals surface area contributed by atoms with E-state index >= 15 is 0 Å². The number of rotatable bonds is 5. The monoisotopic (exact) mass is 260 g/mol. The summed E-state index contributed by atoms with van der Waals surface area (Å²) in [6.07, 6.45) is 3.95. The van der Waals surface area contributed by atoms with Crippen LogP contribution in [0.15, 0.2) is 16.9 Å². The Bertz CT molecular complexity index is 299. The first-order valence-electron chi connectivity index (χ1n) is 4.37. The van der Waals surface area contributed by atoms with Crippen molar-refractivity contribution < 1.29 is 4.79 Å². The molecule has 5 nitrogen and oxygen atoms in total. The number of halogens is 1. The number of hydrogen-bond acceptors (Lipinski definition) is 3. The van der Waals surface area contributed by atoms with E-state index in [1.54, 1.807) is 10.9 Å². The molecule has 1 heterocycles. The molecule has 1 rings (SSSR count). The summed E-state index contributed by atoms with van der Waals surface area (Å²) in [4.78, 5) is 11.2. The maximum atomic E-state index is 11.2. The number of nitrogens with two attached hydrogens (primary N) is 1. The molecule has 6 heteroatoms. The van der Waals surface area contributed by atoms with Gasteiger partial charge in [-0.2, -0.15) is 5.10 Å². The summed E-state index contributed by atoms with van der Waals surface area (Å²) in [6, 6.07) is 0. The Balaban J connectivity index is 2.23. The van der Waals surface area contributed by atoms with Crippen LogP contribution in [0.25, 0.3) is 0 Å². The van der Waals surface area contributed by atoms with Crippen LogP contribution in [-0.2, 0) is 11.3 Å². The number of aromatic nitrogens is 2. The molecular formula is C8H13BrN4O. The molecule has 0 aliphatic carbocycles. The summed E-state index contributed by atoms with van der Waals surface area (Å²) in [5, 5.41) is 6.73. The van der Waals surface area contributed by atoms with Gasteiger partial charge in [-0.05, 0) is 15.9 Å². The van der Waals surface area contributed by atoms with Gasteiger partial charge in [-0.15, -0.1) is 0 Å². The average molecular weight is 261 g/mol. The van der Waals surface area contributed by atoms with Crippen molar-refractivity contribution in [3.63, 3.8) is 0 Å². The molecule has 78 valence electrons. The van der Waals surface area contributed by atoms with Crippen LogP contribution in [0.2, 0.25) is 0 Å². The third-order valence-corrected chi connectivity index (χ3v) is 2.05. The molecule has 0 saturated heterocycles. The molecule has 0 saturated carbocycles. The molecule has 0 bridgehead atoms. The lowest BCUT2D eigenvalue weighted by atomic mass is 10.4. The van der Waals surface area contributed by atoms with Crippen molar-refractivity contribution in [2.45, 2.75) is 13.0 Å². The molecule has 0 radical (unpaired) electrons. The van der Waals surface area contributed by atoms with Crippen LogP contribution in [0, 0.1) is 0 Å². The number of aryl methyl sites for hydroxylation is 1. The highest BCUT2D eigenvalue weighted by Gasteiger charge is 2.01. The lowest BCUT2D eigenvalue weighted by Crippen LogP contribution is -2.29. The van der Waals surface area contributed by atoms with E-state index in [0.29, 0.717) is 26.1 Å². The van der Waals surface area contributed by atoms with Crippen LogP contribution in [0.4, 0.5) is 0 Å². The van der Waals surface area contributed by atoms with Gasteiger partial charge in [0.25, 0.3) is 0 Å². The normalized spacial score (nSPS) is 10.1. The predicted molar refractivity (Wildman–Crippen MR) is 56.6 cm³/mol. The topological polar surface area (TPSA) is 72.9 Å². The highest BCUT2D eigenvalue weighted by atomic mass is 79.9. The molecule has 0 fully saturated rings. The van der Waals surface area contributed by atoms with Crippen molar-refractivity contribution in [3.05, 3.63) is 16.9 Å². The molecule has 14 heavy (non-hydrogen) atoms. The maximum Gasteiger partial charge on any atom is 0.221 e. The van der Waals surface area contributed by atoms with Crippen LogP contribution >= 0.6 is 15.9 Å². The molecule has 1 amide bonds. The summed E-state index contributed by atoms with van der Waals surface area (Å²) in [5.41, 5.74) is 5.25. The van der Waals surface area contributed by atoms with E-state index in [0.717, 1.165) is 4.47 Å². The number of nitrogens with one attached hydrogen (secondary N) is 1. The van der Waals surface area contributed by atoms with E-state index in [1.165, 1.54) is 0 Å². The second-order valence-corrected chi connectivity index (χ2v) is 3.73. The van der Waals surface area contributed by atoms with Crippen LogP contribution in [-0.4, -0.2) is 28.8 Å². The number of hydrogen-bond donors (Lipinski definition) is 2. The minimum atomic E-state index is 0.00192. The molecule has 0 aliphatic rings. The zero-order valence-corrected chi connectivity index (χ0v) is 9.33. The van der Waals surface area contributed by atoms with Gasteiger partial charge >= 0.3 is 0 Å². The Morgan fingerprint density at radius 2 is 2.50 bits per heavy atom. The van der Waals surface area contributed by atoms with Crippen molar-refractivity contribution in [2.24, 2.45) is 5.73 Å². The minimum absolute atomic E-state index is 0.00192. The van der Waals surface area contributed by atoms with Crippen molar-refractivity contribution in [2.75, 3.05) is 13.1 Å². The number of amides is 1. The van der Waals surface area contributed by atoms with Crippen LogP contribution < -0.4 is 11.1 Å². The van der Waals surface area contributed by atoms with Gasteiger partial charge in [-0.25, -0.2) is 0 Å². The second-order valence-electron chi connectivity index (χ2n) is 2.81. The molecule has 3 N–H and O–H groups in total. The van der Waals surface area contributed by atoms with Crippen molar-refractivity contribution in [1.29, 1.82) is 0 Å². The third-order valence-electron chi connectivity index (χ3n) is 1.64. The Hall–Kier alpha value is -0.880. The van der Waals surface area contributed by atoms with Gasteiger partial charge in [0.2, 0.25) is 5.91 Å². The first kappa shape index (κ1) is 11.2. The maximum absolute atomic E-state index is 11.2. The number of carbonyl (C=O) groups excluding carboxylic acids is 1. The van der Waals surface area contributed by atoms with E-state index in [4.69, 9.17) is 5.73 Å². The average Bonchev–Trinajstić information content (AvgIpc) is 2.58. The number of nitrogens with zero attached hydrogens (tertiary/aromatic N) is 2. The Morgan fingerprint density at radius 3 is 3.07 bits per heavy atom. The highest BCUT2D eigenvalue weighted by Crippen LogP contribution is 2.06. The molecule has 1 aromatic rings. The minimum Gasteiger partial charge on any atom is -0.355 e. The van der Waals surface area contributed by atoms with Gasteiger partial charge in [0.05, 0.1) is 10.7 Å². The smallest absolute Gasteiger partial charge is 0.221 e. The summed E-state index contributed by atoms with van der Waals surface area (Å²) < 4.78 is 2.63. The number of carbonyl (C=O) groups is 1. The molecule has 0 unspecified atom stereocenters. The van der Waals surface area contributed by atoms with Crippen molar-refractivity contribution in [3.8, 4) is 0 Å². The summed E-state index contributed by atoms with van der Waals surface area (Å²) >= 11 is 3.28. The van der Waals surface area contributed by atoms with Crippen LogP contribution in [0.1, 0.15) is 6.42 Å². The molecule has 0 aliphatic heterocycles. The third kappa shape index (κ3) is 3.89. The molecule has 1 aromatic heterocycles. The summed E-state index contributed by atoms with van der Waals surface area (Å²) in [5.74, 6) is 0.00192. The highest BCUT2D eigenvalue weighted by molar-refractivity contribution is 9.10. The lowest BCUT2D eigenvalue weighted by molar-refractivity contribution is -0.121. The molecule has 0 aromatic carbocycles. The molecular weight excluding hydrogens is 248 g/mol. The van der Waals surface area contributed by atoms with Gasteiger partial charge in [-0.1, -0.05) is 0 Å². The van der Waals surface area contributed by atoms with Crippen LogP contribution in [0.5, 0.6) is 0 Å². The summed E-state index contributed by atoms with van der Waals surface area (Å²) in [6.45, 7) is 1.59. The van der Waals surface area contributed by atoms with E-state index in [1.807, 2.05) is 6.20 Å². The Morgan fingerprint density at radius 1 is 1.71 bits per heavy atom. The van der Waals surface area contributed by atoms with Gasteiger partial charge in [0.1, 0.15) is 0 Å². The van der Waals surface area contributed by atoms with E-state index in [2.05, 4.69) is 26.3 Å². The second kappa shape index (κ2) is 5.77.